The first kappa shape index (κ1) is 13.4. The predicted octanol–water partition coefficient (Wildman–Crippen LogP) is 0.614. The molecule has 1 aliphatic rings. The first-order valence-electron chi connectivity index (χ1n) is 5.53. The van der Waals surface area contributed by atoms with Crippen LogP contribution in [0.25, 0.3) is 0 Å². The smallest absolute Gasteiger partial charge is 0.159 e. The average Bonchev–Trinajstić information content (AvgIpc) is 2.64. The van der Waals surface area contributed by atoms with Gasteiger partial charge in [0.15, 0.2) is 9.84 Å². The highest BCUT2D eigenvalue weighted by molar-refractivity contribution is 7.92. The first-order valence-corrected chi connectivity index (χ1v) is 7.42. The quantitative estimate of drug-likeness (QED) is 0.331. The molecule has 0 aromatic rings. The zero-order valence-electron chi connectivity index (χ0n) is 10.2. The van der Waals surface area contributed by atoms with Crippen LogP contribution in [-0.4, -0.2) is 31.3 Å². The van der Waals surface area contributed by atoms with Gasteiger partial charge in [-0.25, -0.2) is 14.3 Å². The van der Waals surface area contributed by atoms with E-state index in [1.807, 2.05) is 0 Å². The Labute approximate surface area is 97.4 Å². The Bertz CT molecular complexity index is 368. The van der Waals surface area contributed by atoms with Crippen molar-refractivity contribution in [1.82, 2.24) is 5.43 Å². The Morgan fingerprint density at radius 3 is 2.25 bits per heavy atom. The molecule has 5 nitrogen and oxygen atoms in total. The van der Waals surface area contributed by atoms with E-state index >= 15 is 0 Å². The Hall–Kier alpha value is -0.620. The summed E-state index contributed by atoms with van der Waals surface area (Å²) in [5, 5.41) is 0. The molecule has 1 aliphatic carbocycles. The average molecular weight is 247 g/mol. The Balaban J connectivity index is 2.97. The highest BCUT2D eigenvalue weighted by atomic mass is 32.2. The van der Waals surface area contributed by atoms with Gasteiger partial charge in [0.1, 0.15) is 10.6 Å². The van der Waals surface area contributed by atoms with Crippen molar-refractivity contribution >= 4 is 15.7 Å². The molecule has 0 heterocycles. The number of hydrazine groups is 1. The van der Waals surface area contributed by atoms with Crippen molar-refractivity contribution in [2.24, 2.45) is 10.8 Å². The Morgan fingerprint density at radius 2 is 1.88 bits per heavy atom. The van der Waals surface area contributed by atoms with Gasteiger partial charge in [-0.15, -0.1) is 0 Å². The summed E-state index contributed by atoms with van der Waals surface area (Å²) in [4.78, 5) is 4.43. The van der Waals surface area contributed by atoms with Crippen molar-refractivity contribution in [3.05, 3.63) is 0 Å². The van der Waals surface area contributed by atoms with Crippen LogP contribution in [0.5, 0.6) is 0 Å². The number of rotatable bonds is 3. The van der Waals surface area contributed by atoms with Gasteiger partial charge in [-0.05, 0) is 26.7 Å². The molecule has 0 radical (unpaired) electrons. The standard InChI is InChI=1S/C10H21N3O2S/c1-10(2,16(3,14)15)9(13-11)12-8-6-4-5-7-8/h8H,4-7,11H2,1-3H3,(H,12,13). The molecular weight excluding hydrogens is 226 g/mol. The van der Waals surface area contributed by atoms with E-state index in [1.54, 1.807) is 13.8 Å². The second-order valence-electron chi connectivity index (χ2n) is 4.84. The molecule has 6 heteroatoms. The monoisotopic (exact) mass is 247 g/mol. The van der Waals surface area contributed by atoms with Crippen molar-refractivity contribution in [3.8, 4) is 0 Å². The normalized spacial score (nSPS) is 20.1. The zero-order chi connectivity index (χ0) is 12.4. The summed E-state index contributed by atoms with van der Waals surface area (Å²) in [6.45, 7) is 3.24. The summed E-state index contributed by atoms with van der Waals surface area (Å²) in [6, 6.07) is 0.215. The number of nitrogens with two attached hydrogens (primary N) is 1. The summed E-state index contributed by atoms with van der Waals surface area (Å²) in [6.07, 6.45) is 5.56. The van der Waals surface area contributed by atoms with Gasteiger partial charge in [0.25, 0.3) is 0 Å². The van der Waals surface area contributed by atoms with Crippen LogP contribution >= 0.6 is 0 Å². The molecule has 94 valence electrons. The van der Waals surface area contributed by atoms with Crippen LogP contribution in [0.4, 0.5) is 0 Å². The van der Waals surface area contributed by atoms with Crippen LogP contribution in [0.3, 0.4) is 0 Å². The van der Waals surface area contributed by atoms with Crippen LogP contribution in [0, 0.1) is 0 Å². The lowest BCUT2D eigenvalue weighted by Gasteiger charge is -2.25. The number of nitrogens with zero attached hydrogens (tertiary/aromatic N) is 1. The number of nitrogens with one attached hydrogen (secondary N) is 1. The predicted molar refractivity (Wildman–Crippen MR) is 65.9 cm³/mol. The van der Waals surface area contributed by atoms with Gasteiger partial charge < -0.3 is 5.43 Å². The second-order valence-corrected chi connectivity index (χ2v) is 7.41. The molecule has 0 saturated heterocycles. The molecule has 1 saturated carbocycles. The lowest BCUT2D eigenvalue weighted by atomic mass is 10.1. The van der Waals surface area contributed by atoms with E-state index in [0.717, 1.165) is 25.7 Å². The molecule has 0 unspecified atom stereocenters. The van der Waals surface area contributed by atoms with E-state index in [9.17, 15) is 8.42 Å². The molecule has 16 heavy (non-hydrogen) atoms. The number of amidine groups is 1. The molecule has 0 aliphatic heterocycles. The van der Waals surface area contributed by atoms with E-state index in [1.165, 1.54) is 6.26 Å². The van der Waals surface area contributed by atoms with E-state index in [2.05, 4.69) is 10.4 Å². The maximum atomic E-state index is 11.7. The molecule has 3 N–H and O–H groups in total. The van der Waals surface area contributed by atoms with Crippen molar-refractivity contribution in [2.75, 3.05) is 6.26 Å². The summed E-state index contributed by atoms with van der Waals surface area (Å²) >= 11 is 0. The van der Waals surface area contributed by atoms with Crippen LogP contribution in [0.2, 0.25) is 0 Å². The minimum Gasteiger partial charge on any atom is -0.311 e. The number of sulfone groups is 1. The third-order valence-electron chi connectivity index (χ3n) is 3.27. The molecule has 1 rings (SSSR count). The summed E-state index contributed by atoms with van der Waals surface area (Å²) in [7, 11) is -3.23. The molecular formula is C10H21N3O2S. The van der Waals surface area contributed by atoms with Crippen LogP contribution in [0.1, 0.15) is 39.5 Å². The van der Waals surface area contributed by atoms with Crippen molar-refractivity contribution in [2.45, 2.75) is 50.3 Å². The first-order chi connectivity index (χ1) is 7.29. The molecule has 0 aromatic carbocycles. The molecule has 0 aromatic heterocycles. The van der Waals surface area contributed by atoms with Gasteiger partial charge in [0.2, 0.25) is 0 Å². The minimum atomic E-state index is -3.23. The summed E-state index contributed by atoms with van der Waals surface area (Å²) in [5.74, 6) is 5.75. The number of aliphatic imine (C=N–C) groups is 1. The fourth-order valence-corrected chi connectivity index (χ4v) is 2.22. The largest absolute Gasteiger partial charge is 0.311 e. The Morgan fingerprint density at radius 1 is 1.38 bits per heavy atom. The van der Waals surface area contributed by atoms with Gasteiger partial charge in [0.05, 0.1) is 6.04 Å². The minimum absolute atomic E-state index is 0.215. The second kappa shape index (κ2) is 4.71. The van der Waals surface area contributed by atoms with E-state index in [4.69, 9.17) is 5.84 Å². The lowest BCUT2D eigenvalue weighted by molar-refractivity contribution is 0.579. The molecule has 0 bridgehead atoms. The van der Waals surface area contributed by atoms with Crippen molar-refractivity contribution < 1.29 is 8.42 Å². The van der Waals surface area contributed by atoms with E-state index in [-0.39, 0.29) is 6.04 Å². The maximum Gasteiger partial charge on any atom is 0.159 e. The van der Waals surface area contributed by atoms with Gasteiger partial charge in [-0.2, -0.15) is 0 Å². The lowest BCUT2D eigenvalue weighted by Crippen LogP contribution is -2.50. The van der Waals surface area contributed by atoms with E-state index in [0.29, 0.717) is 5.84 Å². The highest BCUT2D eigenvalue weighted by Gasteiger charge is 2.36. The van der Waals surface area contributed by atoms with Crippen LogP contribution in [-0.2, 0) is 9.84 Å². The van der Waals surface area contributed by atoms with Crippen molar-refractivity contribution in [1.29, 1.82) is 0 Å². The summed E-state index contributed by atoms with van der Waals surface area (Å²) in [5.41, 5.74) is 2.45. The van der Waals surface area contributed by atoms with Gasteiger partial charge >= 0.3 is 0 Å². The summed E-state index contributed by atoms with van der Waals surface area (Å²) < 4.78 is 22.3. The van der Waals surface area contributed by atoms with Gasteiger partial charge in [-0.3, -0.25) is 4.99 Å². The van der Waals surface area contributed by atoms with Crippen molar-refractivity contribution in [3.63, 3.8) is 0 Å². The van der Waals surface area contributed by atoms with Crippen LogP contribution < -0.4 is 11.3 Å². The number of hydrogen-bond acceptors (Lipinski definition) is 4. The SMILES string of the molecule is CC(C)(C(=NC1CCCC1)NN)S(C)(=O)=O. The highest BCUT2D eigenvalue weighted by Crippen LogP contribution is 2.23. The third kappa shape index (κ3) is 2.74. The zero-order valence-corrected chi connectivity index (χ0v) is 11.0. The molecule has 0 amide bonds. The molecule has 1 fully saturated rings. The molecule has 0 spiro atoms. The Kier molecular flexibility index (Phi) is 3.96. The third-order valence-corrected chi connectivity index (χ3v) is 5.32. The van der Waals surface area contributed by atoms with E-state index < -0.39 is 14.6 Å². The molecule has 0 atom stereocenters. The topological polar surface area (TPSA) is 84.5 Å². The maximum absolute atomic E-state index is 11.7. The van der Waals surface area contributed by atoms with Gasteiger partial charge in [-0.1, -0.05) is 12.8 Å². The fraction of sp³-hybridized carbons (Fsp3) is 0.900. The number of hydrogen-bond donors (Lipinski definition) is 2. The van der Waals surface area contributed by atoms with Crippen LogP contribution in [0.15, 0.2) is 4.99 Å². The van der Waals surface area contributed by atoms with Gasteiger partial charge in [0, 0.05) is 6.26 Å². The fourth-order valence-electron chi connectivity index (χ4n) is 1.76.